The number of carbonyl (C=O) groups excluding carboxylic acids is 1. The summed E-state index contributed by atoms with van der Waals surface area (Å²) in [7, 11) is 0. The van der Waals surface area contributed by atoms with Gasteiger partial charge in [-0.2, -0.15) is 0 Å². The van der Waals surface area contributed by atoms with Gasteiger partial charge in [0.15, 0.2) is 5.58 Å². The van der Waals surface area contributed by atoms with Gasteiger partial charge in [-0.05, 0) is 18.1 Å². The Morgan fingerprint density at radius 2 is 2.09 bits per heavy atom. The molecule has 2 rings (SSSR count). The second-order valence-corrected chi connectivity index (χ2v) is 7.62. The smallest absolute Gasteiger partial charge is 0.257 e. The number of nitrogens with zero attached hydrogens (tertiary/aromatic N) is 1. The van der Waals surface area contributed by atoms with Crippen molar-refractivity contribution in [1.82, 2.24) is 10.3 Å². The number of aliphatic hydroxyl groups excluding tert-OH is 1. The molecule has 1 heterocycles. The second kappa shape index (κ2) is 7.36. The third kappa shape index (κ3) is 4.72. The highest BCUT2D eigenvalue weighted by Crippen LogP contribution is 2.26. The molecule has 1 unspecified atom stereocenters. The summed E-state index contributed by atoms with van der Waals surface area (Å²) in [6, 6.07) is 7.51. The van der Waals surface area contributed by atoms with Crippen molar-refractivity contribution in [3.63, 3.8) is 0 Å². The standard InChI is InChI=1S/C17H24N2O3S/c1-11(2)15(21)17(3,4)10-18-14(20)9-23-16-19-12-7-5-6-8-13(12)22-16/h5-8,11,15,21H,9-10H2,1-4H3,(H,18,20). The normalized spacial score (nSPS) is 13.5. The van der Waals surface area contributed by atoms with Crippen molar-refractivity contribution < 1.29 is 14.3 Å². The first-order valence-electron chi connectivity index (χ1n) is 7.73. The zero-order valence-electron chi connectivity index (χ0n) is 14.0. The van der Waals surface area contributed by atoms with Crippen molar-refractivity contribution >= 4 is 28.8 Å². The topological polar surface area (TPSA) is 75.4 Å². The molecular formula is C17H24N2O3S. The fourth-order valence-corrected chi connectivity index (χ4v) is 3.09. The van der Waals surface area contributed by atoms with E-state index < -0.39 is 6.10 Å². The Morgan fingerprint density at radius 1 is 1.39 bits per heavy atom. The minimum absolute atomic E-state index is 0.0960. The van der Waals surface area contributed by atoms with E-state index in [0.29, 0.717) is 11.8 Å². The Bertz CT molecular complexity index is 634. The molecule has 23 heavy (non-hydrogen) atoms. The van der Waals surface area contributed by atoms with E-state index >= 15 is 0 Å². The number of rotatable bonds is 7. The van der Waals surface area contributed by atoms with E-state index in [4.69, 9.17) is 4.42 Å². The van der Waals surface area contributed by atoms with Crippen LogP contribution in [-0.4, -0.2) is 34.4 Å². The van der Waals surface area contributed by atoms with Gasteiger partial charge in [-0.3, -0.25) is 4.79 Å². The fourth-order valence-electron chi connectivity index (χ4n) is 2.42. The van der Waals surface area contributed by atoms with Gasteiger partial charge in [0.25, 0.3) is 5.22 Å². The highest BCUT2D eigenvalue weighted by atomic mass is 32.2. The average Bonchev–Trinajstić information content (AvgIpc) is 2.93. The minimum Gasteiger partial charge on any atom is -0.431 e. The van der Waals surface area contributed by atoms with Gasteiger partial charge in [0.1, 0.15) is 5.52 Å². The lowest BCUT2D eigenvalue weighted by molar-refractivity contribution is -0.119. The Hall–Kier alpha value is -1.53. The van der Waals surface area contributed by atoms with Gasteiger partial charge in [-0.15, -0.1) is 0 Å². The van der Waals surface area contributed by atoms with Gasteiger partial charge < -0.3 is 14.8 Å². The van der Waals surface area contributed by atoms with Crippen molar-refractivity contribution in [2.24, 2.45) is 11.3 Å². The lowest BCUT2D eigenvalue weighted by Gasteiger charge is -2.33. The number of oxazole rings is 1. The number of aliphatic hydroxyl groups is 1. The number of hydrogen-bond donors (Lipinski definition) is 2. The molecule has 0 saturated carbocycles. The number of amides is 1. The molecule has 0 aliphatic heterocycles. The van der Waals surface area contributed by atoms with Gasteiger partial charge in [-0.25, -0.2) is 4.98 Å². The van der Waals surface area contributed by atoms with Crippen LogP contribution in [0.3, 0.4) is 0 Å². The Morgan fingerprint density at radius 3 is 2.74 bits per heavy atom. The van der Waals surface area contributed by atoms with Crippen LogP contribution in [0.4, 0.5) is 0 Å². The molecule has 1 atom stereocenters. The van der Waals surface area contributed by atoms with Crippen LogP contribution in [-0.2, 0) is 4.79 Å². The van der Waals surface area contributed by atoms with Crippen molar-refractivity contribution in [2.75, 3.05) is 12.3 Å². The first-order chi connectivity index (χ1) is 10.8. The Balaban J connectivity index is 1.83. The molecule has 2 aromatic rings. The maximum absolute atomic E-state index is 12.0. The van der Waals surface area contributed by atoms with E-state index in [1.165, 1.54) is 11.8 Å². The van der Waals surface area contributed by atoms with Gasteiger partial charge in [-0.1, -0.05) is 51.6 Å². The Labute approximate surface area is 140 Å². The molecule has 1 aromatic carbocycles. The zero-order valence-corrected chi connectivity index (χ0v) is 14.8. The number of benzene rings is 1. The maximum Gasteiger partial charge on any atom is 0.257 e. The first kappa shape index (κ1) is 17.8. The van der Waals surface area contributed by atoms with Gasteiger partial charge >= 0.3 is 0 Å². The summed E-state index contributed by atoms with van der Waals surface area (Å²) in [6.45, 7) is 8.27. The largest absolute Gasteiger partial charge is 0.431 e. The molecule has 0 fully saturated rings. The minimum atomic E-state index is -0.465. The van der Waals surface area contributed by atoms with Crippen molar-refractivity contribution in [3.8, 4) is 0 Å². The van der Waals surface area contributed by atoms with Crippen LogP contribution in [0, 0.1) is 11.3 Å². The van der Waals surface area contributed by atoms with Crippen molar-refractivity contribution in [1.29, 1.82) is 0 Å². The third-order valence-electron chi connectivity index (χ3n) is 3.77. The summed E-state index contributed by atoms with van der Waals surface area (Å²) in [6.07, 6.45) is -0.465. The molecule has 126 valence electrons. The number of thioether (sulfide) groups is 1. The first-order valence-corrected chi connectivity index (χ1v) is 8.71. The fraction of sp³-hybridized carbons (Fsp3) is 0.529. The molecule has 0 bridgehead atoms. The predicted octanol–water partition coefficient (Wildman–Crippen LogP) is 3.08. The van der Waals surface area contributed by atoms with E-state index in [0.717, 1.165) is 11.1 Å². The molecule has 1 aromatic heterocycles. The van der Waals surface area contributed by atoms with E-state index in [1.54, 1.807) is 0 Å². The molecule has 1 amide bonds. The zero-order chi connectivity index (χ0) is 17.0. The maximum atomic E-state index is 12.0. The molecule has 0 radical (unpaired) electrons. The lowest BCUT2D eigenvalue weighted by atomic mass is 9.81. The van der Waals surface area contributed by atoms with Crippen molar-refractivity contribution in [2.45, 2.75) is 39.0 Å². The second-order valence-electron chi connectivity index (χ2n) is 6.69. The number of carbonyl (C=O) groups is 1. The number of nitrogens with one attached hydrogen (secondary N) is 1. The van der Waals surface area contributed by atoms with Gasteiger partial charge in [0.2, 0.25) is 5.91 Å². The van der Waals surface area contributed by atoms with Crippen LogP contribution in [0.25, 0.3) is 11.1 Å². The van der Waals surface area contributed by atoms with Gasteiger partial charge in [0, 0.05) is 12.0 Å². The van der Waals surface area contributed by atoms with Crippen LogP contribution in [0.2, 0.25) is 0 Å². The average molecular weight is 336 g/mol. The number of fused-ring (bicyclic) bond motifs is 1. The molecule has 0 aliphatic carbocycles. The van der Waals surface area contributed by atoms with Crippen LogP contribution < -0.4 is 5.32 Å². The summed E-state index contributed by atoms with van der Waals surface area (Å²) >= 11 is 1.27. The number of aromatic nitrogens is 1. The molecule has 0 spiro atoms. The summed E-state index contributed by atoms with van der Waals surface area (Å²) < 4.78 is 5.57. The van der Waals surface area contributed by atoms with Crippen LogP contribution in [0.15, 0.2) is 33.9 Å². The SMILES string of the molecule is CC(C)C(O)C(C)(C)CNC(=O)CSc1nc2ccccc2o1. The van der Waals surface area contributed by atoms with Crippen LogP contribution in [0.5, 0.6) is 0 Å². The van der Waals surface area contributed by atoms with E-state index in [-0.39, 0.29) is 23.0 Å². The predicted molar refractivity (Wildman–Crippen MR) is 92.4 cm³/mol. The number of para-hydroxylation sites is 2. The van der Waals surface area contributed by atoms with Crippen molar-refractivity contribution in [3.05, 3.63) is 24.3 Å². The third-order valence-corrected chi connectivity index (χ3v) is 4.60. The van der Waals surface area contributed by atoms with E-state index in [9.17, 15) is 9.90 Å². The summed E-state index contributed by atoms with van der Waals surface area (Å²) in [5.41, 5.74) is 1.14. The quantitative estimate of drug-likeness (QED) is 0.760. The van der Waals surface area contributed by atoms with Crippen LogP contribution >= 0.6 is 11.8 Å². The van der Waals surface area contributed by atoms with E-state index in [1.807, 2.05) is 52.0 Å². The summed E-state index contributed by atoms with van der Waals surface area (Å²) in [5, 5.41) is 13.5. The van der Waals surface area contributed by atoms with Crippen LogP contribution in [0.1, 0.15) is 27.7 Å². The molecular weight excluding hydrogens is 312 g/mol. The molecule has 0 saturated heterocycles. The molecule has 0 aliphatic rings. The highest BCUT2D eigenvalue weighted by Gasteiger charge is 2.30. The summed E-state index contributed by atoms with van der Waals surface area (Å²) in [5.74, 6) is 0.290. The molecule has 5 nitrogen and oxygen atoms in total. The number of hydrogen-bond acceptors (Lipinski definition) is 5. The molecule has 2 N–H and O–H groups in total. The van der Waals surface area contributed by atoms with E-state index in [2.05, 4.69) is 10.3 Å². The van der Waals surface area contributed by atoms with Gasteiger partial charge in [0.05, 0.1) is 11.9 Å². The molecule has 6 heteroatoms. The monoisotopic (exact) mass is 336 g/mol. The Kier molecular flexibility index (Phi) is 5.70. The lowest BCUT2D eigenvalue weighted by Crippen LogP contribution is -2.44. The summed E-state index contributed by atoms with van der Waals surface area (Å²) in [4.78, 5) is 16.3. The highest BCUT2D eigenvalue weighted by molar-refractivity contribution is 7.99.